The molecule has 5 aromatic carbocycles. The summed E-state index contributed by atoms with van der Waals surface area (Å²) in [7, 11) is 0. The van der Waals surface area contributed by atoms with Gasteiger partial charge < -0.3 is 33.2 Å². The Morgan fingerprint density at radius 3 is 1.39 bits per heavy atom. The maximum absolute atomic E-state index is 13.2. The molecule has 5 aromatic rings. The van der Waals surface area contributed by atoms with Gasteiger partial charge in [-0.15, -0.1) is 0 Å². The van der Waals surface area contributed by atoms with E-state index in [4.69, 9.17) is 33.2 Å². The van der Waals surface area contributed by atoms with Crippen molar-refractivity contribution < 1.29 is 38.0 Å². The predicted octanol–water partition coefficient (Wildman–Crippen LogP) is 9.99. The first-order valence-corrected chi connectivity index (χ1v) is 20.9. The van der Waals surface area contributed by atoms with Crippen LogP contribution in [0.3, 0.4) is 0 Å². The average molecular weight is 799 g/mol. The number of allylic oxidation sites excluding steroid dienone is 1. The zero-order chi connectivity index (χ0) is 40.7. The molecule has 1 aliphatic rings. The molecule has 0 aliphatic carbocycles. The van der Waals surface area contributed by atoms with E-state index in [1.54, 1.807) is 12.2 Å². The van der Waals surface area contributed by atoms with Gasteiger partial charge in [-0.2, -0.15) is 0 Å². The van der Waals surface area contributed by atoms with E-state index >= 15 is 0 Å². The molecule has 8 nitrogen and oxygen atoms in total. The van der Waals surface area contributed by atoms with E-state index in [9.17, 15) is 4.79 Å². The third kappa shape index (κ3) is 15.1. The van der Waals surface area contributed by atoms with Crippen LogP contribution in [0.5, 0.6) is 0 Å². The molecule has 6 rings (SSSR count). The van der Waals surface area contributed by atoms with Crippen LogP contribution in [0.1, 0.15) is 60.4 Å². The minimum Gasteiger partial charge on any atom is -0.374 e. The Balaban J connectivity index is 1.32. The summed E-state index contributed by atoms with van der Waals surface area (Å²) in [6, 6.07) is 50.1. The fourth-order valence-corrected chi connectivity index (χ4v) is 6.87. The van der Waals surface area contributed by atoms with Crippen molar-refractivity contribution >= 4 is 5.78 Å². The summed E-state index contributed by atoms with van der Waals surface area (Å²) >= 11 is 0. The van der Waals surface area contributed by atoms with Gasteiger partial charge in [-0.05, 0) is 46.4 Å². The van der Waals surface area contributed by atoms with Crippen LogP contribution in [0, 0.1) is 0 Å². The van der Waals surface area contributed by atoms with Gasteiger partial charge in [-0.25, -0.2) is 0 Å². The SMILES string of the molecule is CCCCCC(=O)/C=C/[C@H]1O[C@@H](OC(COCc2ccccc2)COCc2ccccc2)[C@H](OCc2ccccc2)[C@@H](OCc2ccccc2)[C@H]1OCc1ccccc1. The van der Waals surface area contributed by atoms with Crippen molar-refractivity contribution in [2.45, 2.75) is 102 Å². The molecule has 1 aliphatic heterocycles. The largest absolute Gasteiger partial charge is 0.374 e. The highest BCUT2D eigenvalue weighted by Gasteiger charge is 2.49. The molecule has 59 heavy (non-hydrogen) atoms. The molecule has 0 radical (unpaired) electrons. The summed E-state index contributed by atoms with van der Waals surface area (Å²) in [4.78, 5) is 13.2. The van der Waals surface area contributed by atoms with Crippen molar-refractivity contribution in [2.75, 3.05) is 13.2 Å². The molecule has 310 valence electrons. The molecule has 1 heterocycles. The van der Waals surface area contributed by atoms with Crippen LogP contribution in [0.2, 0.25) is 0 Å². The lowest BCUT2D eigenvalue weighted by atomic mass is 9.96. The monoisotopic (exact) mass is 798 g/mol. The van der Waals surface area contributed by atoms with Gasteiger partial charge in [-0.3, -0.25) is 4.79 Å². The van der Waals surface area contributed by atoms with Crippen molar-refractivity contribution in [3.05, 3.63) is 192 Å². The highest BCUT2D eigenvalue weighted by atomic mass is 16.7. The van der Waals surface area contributed by atoms with Gasteiger partial charge in [0, 0.05) is 6.42 Å². The van der Waals surface area contributed by atoms with Gasteiger partial charge in [0.2, 0.25) is 0 Å². The van der Waals surface area contributed by atoms with E-state index in [1.165, 1.54) is 0 Å². The molecule has 0 amide bonds. The molecule has 5 atom stereocenters. The van der Waals surface area contributed by atoms with Crippen LogP contribution in [-0.2, 0) is 71.0 Å². The maximum atomic E-state index is 13.2. The summed E-state index contributed by atoms with van der Waals surface area (Å²) in [6.45, 7) is 4.28. The Bertz CT molecular complexity index is 1850. The molecule has 8 heteroatoms. The average Bonchev–Trinajstić information content (AvgIpc) is 3.28. The highest BCUT2D eigenvalue weighted by molar-refractivity contribution is 5.89. The van der Waals surface area contributed by atoms with Crippen LogP contribution in [-0.4, -0.2) is 55.8 Å². The number of carbonyl (C=O) groups excluding carboxylic acids is 1. The Morgan fingerprint density at radius 2 is 0.949 bits per heavy atom. The van der Waals surface area contributed by atoms with Gasteiger partial charge >= 0.3 is 0 Å². The van der Waals surface area contributed by atoms with E-state index in [0.29, 0.717) is 32.8 Å². The zero-order valence-corrected chi connectivity index (χ0v) is 34.1. The van der Waals surface area contributed by atoms with Gasteiger partial charge in [-0.1, -0.05) is 171 Å². The van der Waals surface area contributed by atoms with Crippen molar-refractivity contribution in [3.63, 3.8) is 0 Å². The lowest BCUT2D eigenvalue weighted by Gasteiger charge is -2.46. The molecule has 1 fully saturated rings. The van der Waals surface area contributed by atoms with E-state index < -0.39 is 36.8 Å². The summed E-state index contributed by atoms with van der Waals surface area (Å²) in [5.41, 5.74) is 5.09. The van der Waals surface area contributed by atoms with E-state index in [1.807, 2.05) is 152 Å². The number of hydrogen-bond acceptors (Lipinski definition) is 8. The first-order valence-electron chi connectivity index (χ1n) is 20.9. The lowest BCUT2D eigenvalue weighted by Crippen LogP contribution is -2.61. The van der Waals surface area contributed by atoms with E-state index in [0.717, 1.165) is 47.1 Å². The van der Waals surface area contributed by atoms with Crippen molar-refractivity contribution in [3.8, 4) is 0 Å². The molecule has 0 aromatic heterocycles. The quantitative estimate of drug-likeness (QED) is 0.0427. The zero-order valence-electron chi connectivity index (χ0n) is 34.1. The summed E-state index contributed by atoms with van der Waals surface area (Å²) in [5.74, 6) is 0.0343. The number of ether oxygens (including phenoxy) is 7. The number of hydrogen-bond donors (Lipinski definition) is 0. The summed E-state index contributed by atoms with van der Waals surface area (Å²) in [6.07, 6.45) is 2.43. The lowest BCUT2D eigenvalue weighted by molar-refractivity contribution is -0.328. The Kier molecular flexibility index (Phi) is 18.6. The third-order valence-corrected chi connectivity index (χ3v) is 10.0. The Morgan fingerprint density at radius 1 is 0.542 bits per heavy atom. The van der Waals surface area contributed by atoms with Crippen molar-refractivity contribution in [1.82, 2.24) is 0 Å². The standard InChI is InChI=1S/C51H58O8/c1-2-3-9-30-45(52)31-32-47-48(55-35-42-24-14-6-15-25-42)49(56-36-43-26-16-7-17-27-43)50(57-37-44-28-18-8-19-29-44)51(59-47)58-46(38-53-33-40-20-10-4-11-21-40)39-54-34-41-22-12-5-13-23-41/h4-8,10-29,31-32,46-51H,2-3,9,30,33-39H2,1H3/b32-31+/t47-,48+,49+,50-,51-/m1/s1. The van der Waals surface area contributed by atoms with E-state index in [2.05, 4.69) is 6.92 Å². The van der Waals surface area contributed by atoms with Crippen LogP contribution in [0.25, 0.3) is 0 Å². The van der Waals surface area contributed by atoms with Gasteiger partial charge in [0.25, 0.3) is 0 Å². The Labute approximate surface area is 350 Å². The second kappa shape index (κ2) is 25.0. The molecule has 1 saturated heterocycles. The minimum atomic E-state index is -0.952. The van der Waals surface area contributed by atoms with Crippen molar-refractivity contribution in [2.24, 2.45) is 0 Å². The number of unbranched alkanes of at least 4 members (excludes halogenated alkanes) is 2. The first kappa shape index (κ1) is 43.8. The maximum Gasteiger partial charge on any atom is 0.187 e. The highest BCUT2D eigenvalue weighted by Crippen LogP contribution is 2.33. The number of rotatable bonds is 25. The molecule has 0 spiro atoms. The molecule has 0 saturated carbocycles. The first-order chi connectivity index (χ1) is 29.1. The number of ketones is 1. The smallest absolute Gasteiger partial charge is 0.187 e. The number of benzene rings is 5. The molecule has 0 N–H and O–H groups in total. The normalized spacial score (nSPS) is 19.3. The number of carbonyl (C=O) groups is 1. The predicted molar refractivity (Wildman–Crippen MR) is 229 cm³/mol. The molecule has 0 unspecified atom stereocenters. The fourth-order valence-electron chi connectivity index (χ4n) is 6.87. The molecular weight excluding hydrogens is 741 g/mol. The van der Waals surface area contributed by atoms with Crippen LogP contribution in [0.15, 0.2) is 164 Å². The topological polar surface area (TPSA) is 81.7 Å². The van der Waals surface area contributed by atoms with Crippen LogP contribution in [0.4, 0.5) is 0 Å². The molecular formula is C51H58O8. The van der Waals surface area contributed by atoms with Gasteiger partial charge in [0.15, 0.2) is 12.1 Å². The second-order valence-electron chi connectivity index (χ2n) is 14.8. The third-order valence-electron chi connectivity index (χ3n) is 10.0. The van der Waals surface area contributed by atoms with Gasteiger partial charge in [0.1, 0.15) is 30.5 Å². The summed E-state index contributed by atoms with van der Waals surface area (Å²) in [5, 5.41) is 0. The fraction of sp³-hybridized carbons (Fsp3) is 0.353. The molecule has 0 bridgehead atoms. The minimum absolute atomic E-state index is 0.0343. The Hall–Kier alpha value is -4.77. The van der Waals surface area contributed by atoms with Gasteiger partial charge in [0.05, 0.1) is 46.2 Å². The van der Waals surface area contributed by atoms with Crippen LogP contribution < -0.4 is 0 Å². The second-order valence-corrected chi connectivity index (χ2v) is 14.8. The van der Waals surface area contributed by atoms with Crippen LogP contribution >= 0.6 is 0 Å². The summed E-state index contributed by atoms with van der Waals surface area (Å²) < 4.78 is 46.9. The van der Waals surface area contributed by atoms with E-state index in [-0.39, 0.29) is 25.6 Å². The van der Waals surface area contributed by atoms with Crippen molar-refractivity contribution in [1.29, 1.82) is 0 Å².